The summed E-state index contributed by atoms with van der Waals surface area (Å²) in [6.45, 7) is 0.511. The minimum atomic E-state index is -0.965. The molecule has 3 N–H and O–H groups in total. The van der Waals surface area contributed by atoms with E-state index in [0.29, 0.717) is 24.2 Å². The van der Waals surface area contributed by atoms with Gasteiger partial charge in [0.15, 0.2) is 0 Å². The molecule has 92 valence electrons. The molecule has 1 aliphatic rings. The second-order valence-electron chi connectivity index (χ2n) is 3.84. The first-order valence-corrected chi connectivity index (χ1v) is 5.65. The molecule has 0 saturated heterocycles. The van der Waals surface area contributed by atoms with Crippen molar-refractivity contribution in [2.24, 2.45) is 0 Å². The van der Waals surface area contributed by atoms with Gasteiger partial charge in [-0.25, -0.2) is 0 Å². The summed E-state index contributed by atoms with van der Waals surface area (Å²) in [5, 5.41) is 21.5. The van der Waals surface area contributed by atoms with Crippen LogP contribution in [0.25, 0.3) is 0 Å². The van der Waals surface area contributed by atoms with Gasteiger partial charge in [0.25, 0.3) is 0 Å². The van der Waals surface area contributed by atoms with Gasteiger partial charge in [0.2, 0.25) is 0 Å². The van der Waals surface area contributed by atoms with E-state index in [1.165, 1.54) is 0 Å². The molecule has 1 aromatic carbocycles. The molecule has 0 aromatic heterocycles. The van der Waals surface area contributed by atoms with E-state index >= 15 is 0 Å². The van der Waals surface area contributed by atoms with E-state index in [1.54, 1.807) is 13.1 Å². The third kappa shape index (κ3) is 2.45. The van der Waals surface area contributed by atoms with Crippen LogP contribution in [0, 0.1) is 0 Å². The van der Waals surface area contributed by atoms with Crippen LogP contribution in [0.3, 0.4) is 0 Å². The largest absolute Gasteiger partial charge is 0.496 e. The quantitative estimate of drug-likeness (QED) is 0.470. The number of fused-ring (bicyclic) bond motifs is 1. The Hall–Kier alpha value is -1.08. The van der Waals surface area contributed by atoms with E-state index in [9.17, 15) is 5.02 Å². The predicted octanol–water partition coefficient (Wildman–Crippen LogP) is -0.616. The molecule has 0 aliphatic carbocycles. The Morgan fingerprint density at radius 3 is 3.06 bits per heavy atom. The Morgan fingerprint density at radius 2 is 2.35 bits per heavy atom. The standard InChI is InChI=1S/C11H16BNO4/c1-13-11-8-4-2-5-9(16-7-3-6-14)10(8)12(15)17-11/h2,4-5,11,13-15H,3,6-7H2,1H3/t11-/m0/s1. The third-order valence-corrected chi connectivity index (χ3v) is 2.72. The molecule has 0 fully saturated rings. The van der Waals surface area contributed by atoms with E-state index in [4.69, 9.17) is 14.5 Å². The van der Waals surface area contributed by atoms with Crippen molar-refractivity contribution in [3.8, 4) is 5.75 Å². The molecule has 6 heteroatoms. The predicted molar refractivity (Wildman–Crippen MR) is 64.1 cm³/mol. The van der Waals surface area contributed by atoms with Gasteiger partial charge in [-0.1, -0.05) is 12.1 Å². The van der Waals surface area contributed by atoms with Crippen molar-refractivity contribution in [1.82, 2.24) is 5.32 Å². The van der Waals surface area contributed by atoms with Crippen molar-refractivity contribution >= 4 is 12.6 Å². The molecule has 5 nitrogen and oxygen atoms in total. The summed E-state index contributed by atoms with van der Waals surface area (Å²) in [4.78, 5) is 0. The summed E-state index contributed by atoms with van der Waals surface area (Å²) < 4.78 is 10.9. The highest BCUT2D eigenvalue weighted by atomic mass is 16.5. The Labute approximate surface area is 101 Å². The number of hydrogen-bond donors (Lipinski definition) is 3. The Bertz CT molecular complexity index is 388. The van der Waals surface area contributed by atoms with Gasteiger partial charge in [0.1, 0.15) is 12.0 Å². The molecule has 1 heterocycles. The average Bonchev–Trinajstić information content (AvgIpc) is 2.68. The van der Waals surface area contributed by atoms with E-state index in [-0.39, 0.29) is 12.8 Å². The van der Waals surface area contributed by atoms with Gasteiger partial charge in [0, 0.05) is 18.5 Å². The minimum Gasteiger partial charge on any atom is -0.494 e. The van der Waals surface area contributed by atoms with Crippen LogP contribution in [0.5, 0.6) is 5.75 Å². The number of aliphatic hydroxyl groups excluding tert-OH is 1. The molecule has 0 amide bonds. The molecule has 0 spiro atoms. The maximum atomic E-state index is 9.83. The summed E-state index contributed by atoms with van der Waals surface area (Å²) in [6.07, 6.45) is 0.261. The summed E-state index contributed by atoms with van der Waals surface area (Å²) >= 11 is 0. The van der Waals surface area contributed by atoms with Gasteiger partial charge in [-0.2, -0.15) is 0 Å². The average molecular weight is 237 g/mol. The maximum Gasteiger partial charge on any atom is 0.496 e. The van der Waals surface area contributed by atoms with E-state index in [0.717, 1.165) is 5.56 Å². The van der Waals surface area contributed by atoms with Gasteiger partial charge in [-0.3, -0.25) is 5.32 Å². The number of benzene rings is 1. The fourth-order valence-electron chi connectivity index (χ4n) is 1.92. The van der Waals surface area contributed by atoms with Crippen LogP contribution in [0.15, 0.2) is 18.2 Å². The smallest absolute Gasteiger partial charge is 0.494 e. The van der Waals surface area contributed by atoms with Gasteiger partial charge < -0.3 is 19.5 Å². The Balaban J connectivity index is 2.21. The molecule has 1 atom stereocenters. The summed E-state index contributed by atoms with van der Waals surface area (Å²) in [7, 11) is 0.805. The van der Waals surface area contributed by atoms with Crippen LogP contribution >= 0.6 is 0 Å². The highest BCUT2D eigenvalue weighted by molar-refractivity contribution is 6.62. The van der Waals surface area contributed by atoms with Crippen LogP contribution < -0.4 is 15.5 Å². The van der Waals surface area contributed by atoms with E-state index in [1.807, 2.05) is 12.1 Å². The normalized spacial score (nSPS) is 18.3. The number of rotatable bonds is 5. The first-order valence-electron chi connectivity index (χ1n) is 5.65. The molecule has 17 heavy (non-hydrogen) atoms. The van der Waals surface area contributed by atoms with E-state index in [2.05, 4.69) is 5.32 Å². The fourth-order valence-corrected chi connectivity index (χ4v) is 1.92. The van der Waals surface area contributed by atoms with Crippen molar-refractivity contribution < 1.29 is 19.5 Å². The zero-order valence-corrected chi connectivity index (χ0v) is 9.72. The summed E-state index contributed by atoms with van der Waals surface area (Å²) in [6, 6.07) is 5.55. The Morgan fingerprint density at radius 1 is 1.53 bits per heavy atom. The van der Waals surface area contributed by atoms with Crippen molar-refractivity contribution in [3.63, 3.8) is 0 Å². The zero-order valence-electron chi connectivity index (χ0n) is 9.72. The number of nitrogens with one attached hydrogen (secondary N) is 1. The molecule has 0 radical (unpaired) electrons. The highest BCUT2D eigenvalue weighted by Gasteiger charge is 2.37. The summed E-state index contributed by atoms with van der Waals surface area (Å²) in [5.74, 6) is 0.612. The monoisotopic (exact) mass is 237 g/mol. The van der Waals surface area contributed by atoms with Crippen LogP contribution in [-0.2, 0) is 4.65 Å². The first kappa shape index (κ1) is 12.4. The number of ether oxygens (including phenoxy) is 1. The third-order valence-electron chi connectivity index (χ3n) is 2.72. The molecule has 0 bridgehead atoms. The lowest BCUT2D eigenvalue weighted by molar-refractivity contribution is 0.164. The van der Waals surface area contributed by atoms with Gasteiger partial charge in [-0.05, 0) is 18.7 Å². The Kier molecular flexibility index (Phi) is 4.01. The second-order valence-corrected chi connectivity index (χ2v) is 3.84. The van der Waals surface area contributed by atoms with Crippen molar-refractivity contribution in [1.29, 1.82) is 0 Å². The number of aliphatic hydroxyl groups is 1. The van der Waals surface area contributed by atoms with Gasteiger partial charge >= 0.3 is 7.12 Å². The lowest BCUT2D eigenvalue weighted by Gasteiger charge is -2.11. The first-order chi connectivity index (χ1) is 8.27. The van der Waals surface area contributed by atoms with Crippen LogP contribution in [0.2, 0.25) is 0 Å². The highest BCUT2D eigenvalue weighted by Crippen LogP contribution is 2.25. The molecular formula is C11H16BNO4. The van der Waals surface area contributed by atoms with Crippen LogP contribution in [0.4, 0.5) is 0 Å². The fraction of sp³-hybridized carbons (Fsp3) is 0.455. The van der Waals surface area contributed by atoms with Gasteiger partial charge in [0.05, 0.1) is 6.61 Å². The molecule has 0 unspecified atom stereocenters. The minimum absolute atomic E-state index is 0.0905. The zero-order chi connectivity index (χ0) is 12.3. The van der Waals surface area contributed by atoms with Crippen LogP contribution in [-0.4, -0.2) is 37.5 Å². The maximum absolute atomic E-state index is 9.83. The van der Waals surface area contributed by atoms with Gasteiger partial charge in [-0.15, -0.1) is 0 Å². The second kappa shape index (κ2) is 5.51. The molecule has 0 saturated carbocycles. The molecule has 1 aliphatic heterocycles. The van der Waals surface area contributed by atoms with Crippen molar-refractivity contribution in [3.05, 3.63) is 23.8 Å². The summed E-state index contributed by atoms with van der Waals surface area (Å²) in [5.41, 5.74) is 1.56. The lowest BCUT2D eigenvalue weighted by atomic mass is 9.78. The van der Waals surface area contributed by atoms with E-state index < -0.39 is 7.12 Å². The van der Waals surface area contributed by atoms with Crippen LogP contribution in [0.1, 0.15) is 18.2 Å². The number of hydrogen-bond acceptors (Lipinski definition) is 5. The SMILES string of the molecule is CN[C@H]1OB(O)c2c(OCCCO)cccc21. The van der Waals surface area contributed by atoms with Crippen molar-refractivity contribution in [2.75, 3.05) is 20.3 Å². The topological polar surface area (TPSA) is 71.0 Å². The molecular weight excluding hydrogens is 221 g/mol. The molecule has 2 rings (SSSR count). The molecule has 1 aromatic rings. The van der Waals surface area contributed by atoms with Crippen molar-refractivity contribution in [2.45, 2.75) is 12.6 Å². The lowest BCUT2D eigenvalue weighted by Crippen LogP contribution is -2.30.